The minimum Gasteiger partial charge on any atom is -0.344 e. The first-order valence-electron chi connectivity index (χ1n) is 5.31. The highest BCUT2D eigenvalue weighted by Gasteiger charge is 2.33. The van der Waals surface area contributed by atoms with Crippen LogP contribution in [0.1, 0.15) is 19.8 Å². The average molecular weight is 227 g/mol. The molecule has 0 spiro atoms. The summed E-state index contributed by atoms with van der Waals surface area (Å²) in [7, 11) is 1.63. The van der Waals surface area contributed by atoms with Crippen molar-refractivity contribution in [1.82, 2.24) is 9.80 Å². The first kappa shape index (κ1) is 12.6. The molecule has 1 atom stereocenters. The van der Waals surface area contributed by atoms with Crippen molar-refractivity contribution in [3.8, 4) is 0 Å². The zero-order valence-corrected chi connectivity index (χ0v) is 9.60. The number of carbonyl (C=O) groups excluding carboxylic acids is 3. The van der Waals surface area contributed by atoms with Crippen molar-refractivity contribution in [2.75, 3.05) is 20.1 Å². The Labute approximate surface area is 94.4 Å². The number of nitrogens with zero attached hydrogens (tertiary/aromatic N) is 2. The van der Waals surface area contributed by atoms with Gasteiger partial charge in [0.1, 0.15) is 6.54 Å². The molecule has 1 heterocycles. The van der Waals surface area contributed by atoms with Crippen molar-refractivity contribution in [1.29, 1.82) is 0 Å². The SMILES string of the molecule is CCN(C)C(=O)CN1C(=O)CCC(N)C1=O. The van der Waals surface area contributed by atoms with Crippen LogP contribution in [0.25, 0.3) is 0 Å². The Bertz CT molecular complexity index is 316. The highest BCUT2D eigenvalue weighted by Crippen LogP contribution is 2.11. The van der Waals surface area contributed by atoms with E-state index < -0.39 is 11.9 Å². The summed E-state index contributed by atoms with van der Waals surface area (Å²) >= 11 is 0. The van der Waals surface area contributed by atoms with E-state index in [1.807, 2.05) is 6.92 Å². The van der Waals surface area contributed by atoms with Gasteiger partial charge in [0, 0.05) is 20.0 Å². The molecule has 0 aromatic rings. The second-order valence-corrected chi connectivity index (χ2v) is 3.87. The van der Waals surface area contributed by atoms with Crippen LogP contribution < -0.4 is 5.73 Å². The minimum absolute atomic E-state index is 0.199. The first-order valence-corrected chi connectivity index (χ1v) is 5.31. The van der Waals surface area contributed by atoms with Crippen LogP contribution in [-0.2, 0) is 14.4 Å². The van der Waals surface area contributed by atoms with Crippen molar-refractivity contribution in [3.63, 3.8) is 0 Å². The number of piperidine rings is 1. The van der Waals surface area contributed by atoms with Crippen LogP contribution >= 0.6 is 0 Å². The van der Waals surface area contributed by atoms with Crippen LogP contribution in [0.3, 0.4) is 0 Å². The van der Waals surface area contributed by atoms with Gasteiger partial charge in [0.05, 0.1) is 6.04 Å². The van der Waals surface area contributed by atoms with Gasteiger partial charge in [-0.05, 0) is 13.3 Å². The van der Waals surface area contributed by atoms with Gasteiger partial charge in [0.2, 0.25) is 17.7 Å². The molecule has 0 bridgehead atoms. The minimum atomic E-state index is -0.655. The van der Waals surface area contributed by atoms with E-state index in [9.17, 15) is 14.4 Å². The Morgan fingerprint density at radius 1 is 1.56 bits per heavy atom. The summed E-state index contributed by atoms with van der Waals surface area (Å²) in [6.07, 6.45) is 0.599. The molecule has 1 aliphatic heterocycles. The predicted molar refractivity (Wildman–Crippen MR) is 57.2 cm³/mol. The fourth-order valence-electron chi connectivity index (χ4n) is 1.46. The Kier molecular flexibility index (Phi) is 4.00. The lowest BCUT2D eigenvalue weighted by atomic mass is 10.1. The molecule has 1 rings (SSSR count). The standard InChI is InChI=1S/C10H17N3O3/c1-3-12(2)9(15)6-13-8(14)5-4-7(11)10(13)16/h7H,3-6,11H2,1-2H3. The third-order valence-electron chi connectivity index (χ3n) is 2.75. The molecular weight excluding hydrogens is 210 g/mol. The van der Waals surface area contributed by atoms with E-state index >= 15 is 0 Å². The van der Waals surface area contributed by atoms with Crippen molar-refractivity contribution < 1.29 is 14.4 Å². The van der Waals surface area contributed by atoms with E-state index in [0.717, 1.165) is 4.90 Å². The molecule has 3 amide bonds. The summed E-state index contributed by atoms with van der Waals surface area (Å²) in [4.78, 5) is 37.1. The van der Waals surface area contributed by atoms with E-state index in [2.05, 4.69) is 0 Å². The van der Waals surface area contributed by atoms with E-state index in [1.54, 1.807) is 7.05 Å². The number of likely N-dealkylation sites (tertiary alicyclic amines) is 1. The summed E-state index contributed by atoms with van der Waals surface area (Å²) in [6, 6.07) is -0.655. The molecule has 0 saturated carbocycles. The highest BCUT2D eigenvalue weighted by molar-refractivity contribution is 6.03. The van der Waals surface area contributed by atoms with Gasteiger partial charge >= 0.3 is 0 Å². The zero-order valence-electron chi connectivity index (χ0n) is 9.60. The van der Waals surface area contributed by atoms with E-state index in [1.165, 1.54) is 4.90 Å². The second kappa shape index (κ2) is 5.07. The predicted octanol–water partition coefficient (Wildman–Crippen LogP) is -1.06. The van der Waals surface area contributed by atoms with E-state index in [4.69, 9.17) is 5.73 Å². The largest absolute Gasteiger partial charge is 0.344 e. The number of hydrogen-bond acceptors (Lipinski definition) is 4. The van der Waals surface area contributed by atoms with Crippen LogP contribution in [0.5, 0.6) is 0 Å². The molecule has 90 valence electrons. The number of hydrogen-bond donors (Lipinski definition) is 1. The number of likely N-dealkylation sites (N-methyl/N-ethyl adjacent to an activating group) is 1. The fraction of sp³-hybridized carbons (Fsp3) is 0.700. The van der Waals surface area contributed by atoms with Gasteiger partial charge in [-0.2, -0.15) is 0 Å². The lowest BCUT2D eigenvalue weighted by Crippen LogP contribution is -2.54. The molecule has 6 heteroatoms. The highest BCUT2D eigenvalue weighted by atomic mass is 16.2. The molecule has 1 fully saturated rings. The molecule has 0 aliphatic carbocycles. The van der Waals surface area contributed by atoms with Crippen LogP contribution in [0, 0.1) is 0 Å². The fourth-order valence-corrected chi connectivity index (χ4v) is 1.46. The number of amides is 3. The van der Waals surface area contributed by atoms with Gasteiger partial charge in [-0.1, -0.05) is 0 Å². The molecule has 0 aromatic heterocycles. The number of carbonyl (C=O) groups is 3. The van der Waals surface area contributed by atoms with E-state index in [-0.39, 0.29) is 24.8 Å². The van der Waals surface area contributed by atoms with Crippen molar-refractivity contribution in [2.24, 2.45) is 5.73 Å². The molecule has 1 aliphatic rings. The van der Waals surface area contributed by atoms with Crippen molar-refractivity contribution in [2.45, 2.75) is 25.8 Å². The van der Waals surface area contributed by atoms with Crippen LogP contribution in [0.4, 0.5) is 0 Å². The summed E-state index contributed by atoms with van der Waals surface area (Å²) in [5.74, 6) is -1.02. The van der Waals surface area contributed by atoms with Crippen LogP contribution in [0.15, 0.2) is 0 Å². The summed E-state index contributed by atoms with van der Waals surface area (Å²) < 4.78 is 0. The Morgan fingerprint density at radius 2 is 2.19 bits per heavy atom. The van der Waals surface area contributed by atoms with Gasteiger partial charge in [0.15, 0.2) is 0 Å². The Balaban J connectivity index is 2.67. The maximum Gasteiger partial charge on any atom is 0.246 e. The molecule has 1 unspecified atom stereocenters. The normalized spacial score (nSPS) is 21.2. The number of rotatable bonds is 3. The number of nitrogens with two attached hydrogens (primary N) is 1. The molecule has 2 N–H and O–H groups in total. The molecule has 6 nitrogen and oxygen atoms in total. The van der Waals surface area contributed by atoms with Gasteiger partial charge in [-0.15, -0.1) is 0 Å². The second-order valence-electron chi connectivity index (χ2n) is 3.87. The maximum absolute atomic E-state index is 11.6. The van der Waals surface area contributed by atoms with Crippen molar-refractivity contribution in [3.05, 3.63) is 0 Å². The first-order chi connectivity index (χ1) is 7.47. The summed E-state index contributed by atoms with van der Waals surface area (Å²) in [5.41, 5.74) is 5.55. The molecule has 1 saturated heterocycles. The summed E-state index contributed by atoms with van der Waals surface area (Å²) in [6.45, 7) is 2.17. The molecule has 16 heavy (non-hydrogen) atoms. The number of imide groups is 1. The van der Waals surface area contributed by atoms with Gasteiger partial charge in [0.25, 0.3) is 0 Å². The molecular formula is C10H17N3O3. The average Bonchev–Trinajstić information content (AvgIpc) is 2.28. The lowest BCUT2D eigenvalue weighted by molar-refractivity contribution is -0.153. The van der Waals surface area contributed by atoms with Gasteiger partial charge in [-0.25, -0.2) is 0 Å². The third kappa shape index (κ3) is 2.57. The van der Waals surface area contributed by atoms with Crippen molar-refractivity contribution >= 4 is 17.7 Å². The zero-order chi connectivity index (χ0) is 12.3. The Hall–Kier alpha value is -1.43. The smallest absolute Gasteiger partial charge is 0.246 e. The topological polar surface area (TPSA) is 83.7 Å². The van der Waals surface area contributed by atoms with Gasteiger partial charge in [-0.3, -0.25) is 19.3 Å². The monoisotopic (exact) mass is 227 g/mol. The van der Waals surface area contributed by atoms with Gasteiger partial charge < -0.3 is 10.6 Å². The lowest BCUT2D eigenvalue weighted by Gasteiger charge is -2.29. The van der Waals surface area contributed by atoms with Crippen LogP contribution in [0.2, 0.25) is 0 Å². The Morgan fingerprint density at radius 3 is 2.75 bits per heavy atom. The van der Waals surface area contributed by atoms with E-state index in [0.29, 0.717) is 13.0 Å². The molecule has 0 aromatic carbocycles. The molecule has 0 radical (unpaired) electrons. The quantitative estimate of drug-likeness (QED) is 0.623. The third-order valence-corrected chi connectivity index (χ3v) is 2.75. The maximum atomic E-state index is 11.6. The van der Waals surface area contributed by atoms with Crippen LogP contribution in [-0.4, -0.2) is 53.7 Å². The summed E-state index contributed by atoms with van der Waals surface area (Å²) in [5, 5.41) is 0.